The summed E-state index contributed by atoms with van der Waals surface area (Å²) in [6, 6.07) is 4.87. The number of hydrogen-bond donors (Lipinski definition) is 4. The van der Waals surface area contributed by atoms with E-state index >= 15 is 0 Å². The maximum absolute atomic E-state index is 13.7. The van der Waals surface area contributed by atoms with Gasteiger partial charge in [-0.25, -0.2) is 4.79 Å². The van der Waals surface area contributed by atoms with Crippen molar-refractivity contribution in [2.75, 3.05) is 19.8 Å². The molecule has 1 heterocycles. The van der Waals surface area contributed by atoms with E-state index in [0.29, 0.717) is 30.0 Å². The van der Waals surface area contributed by atoms with Crippen LogP contribution in [0.2, 0.25) is 5.02 Å². The number of carbonyl (C=O) groups excluding carboxylic acids is 3. The number of amides is 3. The predicted octanol–water partition coefficient (Wildman–Crippen LogP) is 4.50. The van der Waals surface area contributed by atoms with Gasteiger partial charge >= 0.3 is 13.7 Å². The van der Waals surface area contributed by atoms with Crippen LogP contribution in [0.15, 0.2) is 24.3 Å². The van der Waals surface area contributed by atoms with Crippen molar-refractivity contribution in [1.29, 1.82) is 0 Å². The Morgan fingerprint density at radius 1 is 1.07 bits per heavy atom. The molecule has 3 amide bonds. The van der Waals surface area contributed by atoms with Gasteiger partial charge in [0.2, 0.25) is 11.8 Å². The minimum atomic E-state index is -4.06. The Balaban J connectivity index is 1.78. The number of aliphatic hydroxyl groups is 1. The van der Waals surface area contributed by atoms with E-state index in [0.717, 1.165) is 32.1 Å². The van der Waals surface area contributed by atoms with Crippen molar-refractivity contribution in [2.24, 2.45) is 11.8 Å². The highest BCUT2D eigenvalue weighted by atomic mass is 35.5. The number of ether oxygens (including phenoxy) is 1. The fourth-order valence-electron chi connectivity index (χ4n) is 5.42. The molecule has 41 heavy (non-hydrogen) atoms. The minimum Gasteiger partial charge on any atom is -0.445 e. The summed E-state index contributed by atoms with van der Waals surface area (Å²) >= 11 is 6.17. The monoisotopic (exact) mass is 615 g/mol. The fraction of sp³-hybridized carbons (Fsp3) is 0.679. The third-order valence-corrected chi connectivity index (χ3v) is 10.2. The molecule has 0 aromatic heterocycles. The maximum Gasteiger partial charge on any atom is 0.408 e. The number of nitrogens with one attached hydrogen (secondary N) is 3. The van der Waals surface area contributed by atoms with Gasteiger partial charge in [-0.05, 0) is 45.1 Å². The Kier molecular flexibility index (Phi) is 13.4. The molecular weight excluding hydrogens is 573 g/mol. The van der Waals surface area contributed by atoms with E-state index in [-0.39, 0.29) is 38.1 Å². The van der Waals surface area contributed by atoms with E-state index in [9.17, 15) is 24.1 Å². The van der Waals surface area contributed by atoms with Crippen molar-refractivity contribution in [3.63, 3.8) is 0 Å². The summed E-state index contributed by atoms with van der Waals surface area (Å²) < 4.78 is 29.5. The third kappa shape index (κ3) is 9.96. The highest BCUT2D eigenvalue weighted by Crippen LogP contribution is 2.53. The molecule has 0 radical (unpaired) electrons. The van der Waals surface area contributed by atoms with Gasteiger partial charge in [-0.3, -0.25) is 14.2 Å². The second-order valence-electron chi connectivity index (χ2n) is 10.5. The Morgan fingerprint density at radius 3 is 2.37 bits per heavy atom. The Hall–Kier alpha value is -2.17. The summed E-state index contributed by atoms with van der Waals surface area (Å²) in [7, 11) is -4.06. The van der Waals surface area contributed by atoms with Crippen molar-refractivity contribution >= 4 is 37.1 Å². The first kappa shape index (κ1) is 33.3. The van der Waals surface area contributed by atoms with Crippen LogP contribution in [0, 0.1) is 11.8 Å². The third-order valence-electron chi connectivity index (χ3n) is 7.55. The van der Waals surface area contributed by atoms with Gasteiger partial charge in [0.05, 0.1) is 19.3 Å². The standard InChI is InChI=1S/C28H43ClN3O8P/c1-3-39-41(37,40-4-2)27(35)24(17-20-14-15-30-25(20)33)31-26(34)23(16-19-10-6-5-7-11-19)32-28(36)38-18-21-12-8-9-13-22(21)29/h8-9,12-13,19-20,23-24,27,35H,3-7,10-11,14-18H2,1-2H3,(H,30,33)(H,31,34)(H,32,36)/t20-,23-,24-,27?/m0/s1. The number of alkyl carbamates (subject to hydrolysis) is 1. The van der Waals surface area contributed by atoms with Gasteiger partial charge in [0.25, 0.3) is 0 Å². The summed E-state index contributed by atoms with van der Waals surface area (Å²) in [5, 5.41) is 19.9. The van der Waals surface area contributed by atoms with Crippen LogP contribution in [0.5, 0.6) is 0 Å². The topological polar surface area (TPSA) is 152 Å². The second-order valence-corrected chi connectivity index (χ2v) is 13.1. The predicted molar refractivity (Wildman–Crippen MR) is 154 cm³/mol. The molecule has 1 aromatic carbocycles. The average molecular weight is 616 g/mol. The van der Waals surface area contributed by atoms with Crippen molar-refractivity contribution in [2.45, 2.75) is 89.7 Å². The molecule has 13 heteroatoms. The van der Waals surface area contributed by atoms with Crippen LogP contribution in [-0.4, -0.2) is 60.7 Å². The van der Waals surface area contributed by atoms with Crippen molar-refractivity contribution in [3.8, 4) is 0 Å². The number of aliphatic hydroxyl groups excluding tert-OH is 1. The van der Waals surface area contributed by atoms with Crippen molar-refractivity contribution < 1.29 is 37.8 Å². The molecule has 3 rings (SSSR count). The largest absolute Gasteiger partial charge is 0.445 e. The van der Waals surface area contributed by atoms with Crippen LogP contribution >= 0.6 is 19.2 Å². The van der Waals surface area contributed by atoms with E-state index in [1.54, 1.807) is 38.1 Å². The van der Waals surface area contributed by atoms with Gasteiger partial charge in [0, 0.05) is 23.0 Å². The van der Waals surface area contributed by atoms with Gasteiger partial charge in [-0.1, -0.05) is 61.9 Å². The van der Waals surface area contributed by atoms with Gasteiger partial charge in [-0.2, -0.15) is 0 Å². The van der Waals surface area contributed by atoms with E-state index in [1.807, 2.05) is 0 Å². The summed E-state index contributed by atoms with van der Waals surface area (Å²) in [5.41, 5.74) is 0.623. The van der Waals surface area contributed by atoms with Crippen LogP contribution in [0.4, 0.5) is 4.79 Å². The molecule has 0 bridgehead atoms. The van der Waals surface area contributed by atoms with Gasteiger partial charge in [0.15, 0.2) is 5.85 Å². The Labute approximate surface area is 246 Å². The number of halogens is 1. The normalized spacial score (nSPS) is 20.1. The number of benzene rings is 1. The minimum absolute atomic E-state index is 0.0159. The van der Waals surface area contributed by atoms with E-state index in [4.69, 9.17) is 25.4 Å². The molecule has 2 fully saturated rings. The lowest BCUT2D eigenvalue weighted by atomic mass is 9.84. The molecule has 11 nitrogen and oxygen atoms in total. The number of rotatable bonds is 15. The SMILES string of the molecule is CCOP(=O)(OCC)C(O)[C@H](C[C@@H]1CCNC1=O)NC(=O)[C@H](CC1CCCCC1)NC(=O)OCc1ccccc1Cl. The summed E-state index contributed by atoms with van der Waals surface area (Å²) in [4.78, 5) is 38.9. The molecular formula is C28H43ClN3O8P. The smallest absolute Gasteiger partial charge is 0.408 e. The highest BCUT2D eigenvalue weighted by Gasteiger charge is 2.43. The molecule has 1 aliphatic heterocycles. The molecule has 1 aliphatic carbocycles. The molecule has 1 unspecified atom stereocenters. The maximum atomic E-state index is 13.7. The van der Waals surface area contributed by atoms with Crippen LogP contribution in [0.3, 0.4) is 0 Å². The van der Waals surface area contributed by atoms with E-state index in [2.05, 4.69) is 16.0 Å². The lowest BCUT2D eigenvalue weighted by molar-refractivity contribution is -0.126. The van der Waals surface area contributed by atoms with Crippen LogP contribution in [0.25, 0.3) is 0 Å². The number of carbonyl (C=O) groups is 3. The first-order valence-corrected chi connectivity index (χ1v) is 16.5. The second kappa shape index (κ2) is 16.5. The van der Waals surface area contributed by atoms with Crippen molar-refractivity contribution in [3.05, 3.63) is 34.9 Å². The summed E-state index contributed by atoms with van der Waals surface area (Å²) in [6.45, 7) is 3.67. The van der Waals surface area contributed by atoms with Gasteiger partial charge < -0.3 is 34.8 Å². The van der Waals surface area contributed by atoms with Crippen molar-refractivity contribution in [1.82, 2.24) is 16.0 Å². The Morgan fingerprint density at radius 2 is 1.76 bits per heavy atom. The number of hydrogen-bond acceptors (Lipinski definition) is 8. The quantitative estimate of drug-likeness (QED) is 0.211. The molecule has 4 atom stereocenters. The Bertz CT molecular complexity index is 1060. The van der Waals surface area contributed by atoms with E-state index < -0.39 is 43.4 Å². The zero-order chi connectivity index (χ0) is 29.8. The van der Waals surface area contributed by atoms with E-state index in [1.165, 1.54) is 0 Å². The molecule has 230 valence electrons. The fourth-order valence-corrected chi connectivity index (χ4v) is 7.34. The van der Waals surface area contributed by atoms with Gasteiger partial charge in [-0.15, -0.1) is 0 Å². The average Bonchev–Trinajstić information content (AvgIpc) is 3.36. The first-order chi connectivity index (χ1) is 19.7. The summed E-state index contributed by atoms with van der Waals surface area (Å²) in [5.74, 6) is -2.80. The van der Waals surface area contributed by atoms with Gasteiger partial charge in [0.1, 0.15) is 12.6 Å². The lowest BCUT2D eigenvalue weighted by Crippen LogP contribution is -2.54. The molecule has 1 aromatic rings. The van der Waals surface area contributed by atoms with Crippen LogP contribution in [-0.2, 0) is 34.5 Å². The molecule has 0 spiro atoms. The highest BCUT2D eigenvalue weighted by molar-refractivity contribution is 7.54. The zero-order valence-corrected chi connectivity index (χ0v) is 25.5. The molecule has 2 aliphatic rings. The zero-order valence-electron chi connectivity index (χ0n) is 23.8. The molecule has 4 N–H and O–H groups in total. The summed E-state index contributed by atoms with van der Waals surface area (Å²) in [6.07, 6.45) is 5.18. The first-order valence-electron chi connectivity index (χ1n) is 14.5. The molecule has 1 saturated heterocycles. The molecule has 1 saturated carbocycles. The lowest BCUT2D eigenvalue weighted by Gasteiger charge is -2.32. The van der Waals surface area contributed by atoms with Crippen LogP contribution < -0.4 is 16.0 Å². The van der Waals surface area contributed by atoms with Crippen LogP contribution in [0.1, 0.15) is 70.8 Å².